The largest absolute Gasteiger partial charge is 0.443 e. The SMILES string of the molecule is CN(C(=O)OC(C)(C)C)c1ccc2ncc(-c3cccc4c3CNC4=O)n2c1. The van der Waals surface area contributed by atoms with Gasteiger partial charge in [0.05, 0.1) is 17.6 Å². The number of nitrogens with one attached hydrogen (secondary N) is 1. The van der Waals surface area contributed by atoms with Gasteiger partial charge in [0.2, 0.25) is 0 Å². The number of imidazole rings is 1. The highest BCUT2D eigenvalue weighted by molar-refractivity contribution is 6.00. The van der Waals surface area contributed by atoms with E-state index >= 15 is 0 Å². The van der Waals surface area contributed by atoms with E-state index in [4.69, 9.17) is 4.74 Å². The predicted molar refractivity (Wildman–Crippen MR) is 106 cm³/mol. The first-order valence-electron chi connectivity index (χ1n) is 9.09. The van der Waals surface area contributed by atoms with Crippen LogP contribution in [-0.2, 0) is 11.3 Å². The lowest BCUT2D eigenvalue weighted by Crippen LogP contribution is -2.34. The molecular weight excluding hydrogens is 356 g/mol. The van der Waals surface area contributed by atoms with Crippen LogP contribution in [0.25, 0.3) is 16.9 Å². The second-order valence-corrected chi connectivity index (χ2v) is 7.81. The number of amides is 2. The lowest BCUT2D eigenvalue weighted by molar-refractivity contribution is 0.0589. The molecule has 3 heterocycles. The second kappa shape index (κ2) is 6.37. The van der Waals surface area contributed by atoms with Crippen LogP contribution >= 0.6 is 0 Å². The molecule has 4 rings (SSSR count). The molecule has 28 heavy (non-hydrogen) atoms. The van der Waals surface area contributed by atoms with Crippen LogP contribution in [-0.4, -0.2) is 34.0 Å². The Bertz CT molecular complexity index is 1090. The average Bonchev–Trinajstić information content (AvgIpc) is 3.23. The molecule has 144 valence electrons. The van der Waals surface area contributed by atoms with Gasteiger partial charge in [-0.3, -0.25) is 14.1 Å². The van der Waals surface area contributed by atoms with Crippen molar-refractivity contribution in [3.63, 3.8) is 0 Å². The molecule has 0 fully saturated rings. The van der Waals surface area contributed by atoms with Crippen molar-refractivity contribution in [1.29, 1.82) is 0 Å². The zero-order valence-corrected chi connectivity index (χ0v) is 16.3. The van der Waals surface area contributed by atoms with Gasteiger partial charge in [-0.05, 0) is 44.5 Å². The number of nitrogens with zero attached hydrogens (tertiary/aromatic N) is 3. The van der Waals surface area contributed by atoms with Crippen molar-refractivity contribution in [2.45, 2.75) is 32.9 Å². The number of ether oxygens (including phenoxy) is 1. The summed E-state index contributed by atoms with van der Waals surface area (Å²) in [6.07, 6.45) is 3.21. The first-order chi connectivity index (χ1) is 13.2. The van der Waals surface area contributed by atoms with Crippen LogP contribution in [0.3, 0.4) is 0 Å². The molecule has 3 aromatic rings. The number of aromatic nitrogens is 2. The van der Waals surface area contributed by atoms with Crippen LogP contribution in [0.5, 0.6) is 0 Å². The maximum atomic E-state index is 12.4. The Hall–Kier alpha value is -3.35. The quantitative estimate of drug-likeness (QED) is 0.739. The Kier molecular flexibility index (Phi) is 4.10. The molecule has 0 radical (unpaired) electrons. The van der Waals surface area contributed by atoms with Crippen LogP contribution in [0.15, 0.2) is 42.7 Å². The number of benzene rings is 1. The first kappa shape index (κ1) is 18.0. The summed E-state index contributed by atoms with van der Waals surface area (Å²) in [5.74, 6) is -0.0592. The summed E-state index contributed by atoms with van der Waals surface area (Å²) in [5, 5.41) is 2.86. The highest BCUT2D eigenvalue weighted by Gasteiger charge is 2.24. The average molecular weight is 378 g/mol. The second-order valence-electron chi connectivity index (χ2n) is 7.81. The van der Waals surface area contributed by atoms with E-state index in [1.807, 2.05) is 61.7 Å². The van der Waals surface area contributed by atoms with Crippen molar-refractivity contribution >= 4 is 23.3 Å². The molecule has 0 bridgehead atoms. The number of rotatable bonds is 2. The van der Waals surface area contributed by atoms with Gasteiger partial charge in [-0.2, -0.15) is 0 Å². The molecule has 0 spiro atoms. The highest BCUT2D eigenvalue weighted by Crippen LogP contribution is 2.30. The van der Waals surface area contributed by atoms with Crippen molar-refractivity contribution in [3.8, 4) is 11.3 Å². The van der Waals surface area contributed by atoms with E-state index in [1.54, 1.807) is 13.2 Å². The molecule has 7 nitrogen and oxygen atoms in total. The fourth-order valence-electron chi connectivity index (χ4n) is 3.30. The molecule has 0 saturated heterocycles. The van der Waals surface area contributed by atoms with E-state index in [1.165, 1.54) is 4.90 Å². The fraction of sp³-hybridized carbons (Fsp3) is 0.286. The number of carbonyl (C=O) groups excluding carboxylic acids is 2. The highest BCUT2D eigenvalue weighted by atomic mass is 16.6. The van der Waals surface area contributed by atoms with E-state index in [-0.39, 0.29) is 5.91 Å². The van der Waals surface area contributed by atoms with Crippen molar-refractivity contribution in [1.82, 2.24) is 14.7 Å². The summed E-state index contributed by atoms with van der Waals surface area (Å²) in [6.45, 7) is 6.00. The lowest BCUT2D eigenvalue weighted by Gasteiger charge is -2.24. The molecule has 0 atom stereocenters. The minimum atomic E-state index is -0.570. The van der Waals surface area contributed by atoms with Gasteiger partial charge in [-0.25, -0.2) is 9.78 Å². The number of pyridine rings is 1. The van der Waals surface area contributed by atoms with Gasteiger partial charge >= 0.3 is 6.09 Å². The maximum absolute atomic E-state index is 12.4. The molecule has 0 aliphatic carbocycles. The van der Waals surface area contributed by atoms with Gasteiger partial charge in [-0.1, -0.05) is 12.1 Å². The van der Waals surface area contributed by atoms with Gasteiger partial charge in [0.1, 0.15) is 11.2 Å². The first-order valence-corrected chi connectivity index (χ1v) is 9.09. The van der Waals surface area contributed by atoms with Crippen molar-refractivity contribution in [3.05, 3.63) is 53.9 Å². The Morgan fingerprint density at radius 2 is 1.96 bits per heavy atom. The molecule has 1 aliphatic heterocycles. The number of hydrogen-bond acceptors (Lipinski definition) is 4. The van der Waals surface area contributed by atoms with E-state index in [2.05, 4.69) is 10.3 Å². The third kappa shape index (κ3) is 3.09. The van der Waals surface area contributed by atoms with Crippen molar-refractivity contribution < 1.29 is 14.3 Å². The summed E-state index contributed by atoms with van der Waals surface area (Å²) >= 11 is 0. The zero-order chi connectivity index (χ0) is 20.1. The molecule has 1 N–H and O–H groups in total. The van der Waals surface area contributed by atoms with Gasteiger partial charge in [0, 0.05) is 30.9 Å². The zero-order valence-electron chi connectivity index (χ0n) is 16.3. The third-order valence-electron chi connectivity index (χ3n) is 4.67. The van der Waals surface area contributed by atoms with Crippen molar-refractivity contribution in [2.75, 3.05) is 11.9 Å². The van der Waals surface area contributed by atoms with Crippen LogP contribution < -0.4 is 10.2 Å². The summed E-state index contributed by atoms with van der Waals surface area (Å²) in [5.41, 5.74) is 4.33. The number of hydrogen-bond donors (Lipinski definition) is 1. The molecule has 1 aromatic carbocycles. The van der Waals surface area contributed by atoms with Crippen LogP contribution in [0.2, 0.25) is 0 Å². The fourth-order valence-corrected chi connectivity index (χ4v) is 3.30. The van der Waals surface area contributed by atoms with Gasteiger partial charge < -0.3 is 10.1 Å². The molecule has 2 aromatic heterocycles. The third-order valence-corrected chi connectivity index (χ3v) is 4.67. The standard InChI is InChI=1S/C21H22N4O3/c1-21(2,3)28-20(27)24(4)13-8-9-18-22-11-17(25(18)12-13)14-6-5-7-15-16(14)10-23-19(15)26/h5-9,11-12H,10H2,1-4H3,(H,23,26). The van der Waals surface area contributed by atoms with E-state index in [9.17, 15) is 9.59 Å². The molecule has 0 unspecified atom stereocenters. The van der Waals surface area contributed by atoms with E-state index in [0.717, 1.165) is 22.5 Å². The molecule has 0 saturated carbocycles. The van der Waals surface area contributed by atoms with Crippen LogP contribution in [0.4, 0.5) is 10.5 Å². The topological polar surface area (TPSA) is 75.9 Å². The van der Waals surface area contributed by atoms with E-state index < -0.39 is 11.7 Å². The van der Waals surface area contributed by atoms with Gasteiger partial charge in [0.25, 0.3) is 5.91 Å². The Balaban J connectivity index is 1.76. The van der Waals surface area contributed by atoms with E-state index in [0.29, 0.717) is 17.8 Å². The minimum Gasteiger partial charge on any atom is -0.443 e. The predicted octanol–water partition coefficient (Wildman–Crippen LogP) is 3.62. The number of carbonyl (C=O) groups is 2. The summed E-state index contributed by atoms with van der Waals surface area (Å²) in [7, 11) is 1.68. The maximum Gasteiger partial charge on any atom is 0.414 e. The molecule has 2 amide bonds. The monoisotopic (exact) mass is 378 g/mol. The van der Waals surface area contributed by atoms with Crippen molar-refractivity contribution in [2.24, 2.45) is 0 Å². The Morgan fingerprint density at radius 3 is 2.71 bits per heavy atom. The lowest BCUT2D eigenvalue weighted by atomic mass is 10.0. The Morgan fingerprint density at radius 1 is 1.21 bits per heavy atom. The molecule has 1 aliphatic rings. The van der Waals surface area contributed by atoms with Crippen LogP contribution in [0, 0.1) is 0 Å². The summed E-state index contributed by atoms with van der Waals surface area (Å²) in [6, 6.07) is 9.36. The number of fused-ring (bicyclic) bond motifs is 2. The molecule has 7 heteroatoms. The summed E-state index contributed by atoms with van der Waals surface area (Å²) < 4.78 is 7.38. The minimum absolute atomic E-state index is 0.0592. The number of anilines is 1. The van der Waals surface area contributed by atoms with Gasteiger partial charge in [0.15, 0.2) is 0 Å². The summed E-state index contributed by atoms with van der Waals surface area (Å²) in [4.78, 5) is 30.3. The molecular formula is C21H22N4O3. The van der Waals surface area contributed by atoms with Gasteiger partial charge in [-0.15, -0.1) is 0 Å². The van der Waals surface area contributed by atoms with Crippen LogP contribution in [0.1, 0.15) is 36.7 Å². The normalized spacial score (nSPS) is 13.4. The smallest absolute Gasteiger partial charge is 0.414 e. The Labute approximate surface area is 162 Å².